The second-order valence-electron chi connectivity index (χ2n) is 9.48. The highest BCUT2D eigenvalue weighted by Gasteiger charge is 2.25. The Bertz CT molecular complexity index is 1900. The summed E-state index contributed by atoms with van der Waals surface area (Å²) < 4.78 is 81.3. The maximum absolute atomic E-state index is 15.1. The molecule has 8 nitrogen and oxygen atoms in total. The number of carboxylic acids is 1. The molecule has 0 aliphatic carbocycles. The van der Waals surface area contributed by atoms with Gasteiger partial charge < -0.3 is 19.2 Å². The molecule has 5 aromatic rings. The van der Waals surface area contributed by atoms with Crippen molar-refractivity contribution < 1.29 is 40.6 Å². The Balaban J connectivity index is 1.47. The summed E-state index contributed by atoms with van der Waals surface area (Å²) in [7, 11) is -3.94. The highest BCUT2D eigenvalue weighted by atomic mass is 32.2. The number of sulfone groups is 1. The molecule has 0 spiro atoms. The lowest BCUT2D eigenvalue weighted by molar-refractivity contribution is -0.136. The van der Waals surface area contributed by atoms with Crippen molar-refractivity contribution in [2.24, 2.45) is 0 Å². The monoisotopic (exact) mass is 584 g/mol. The third-order valence-corrected chi connectivity index (χ3v) is 7.77. The highest BCUT2D eigenvalue weighted by Crippen LogP contribution is 2.39. The van der Waals surface area contributed by atoms with Crippen LogP contribution < -0.4 is 4.74 Å². The SMILES string of the molecule is C[C@H](c1coc(-c2cc(Oc3c(F)cc4[nH]ccc4c3S(C)(=O)=O)ccc2F)n1)c1cccc(CCC(=O)O)c1F. The van der Waals surface area contributed by atoms with Crippen molar-refractivity contribution in [2.45, 2.75) is 30.6 Å². The van der Waals surface area contributed by atoms with Gasteiger partial charge in [0.05, 0.1) is 11.3 Å². The molecule has 2 aromatic heterocycles. The van der Waals surface area contributed by atoms with Gasteiger partial charge in [0.15, 0.2) is 21.4 Å². The molecule has 2 N–H and O–H groups in total. The largest absolute Gasteiger partial charge is 0.481 e. The van der Waals surface area contributed by atoms with Crippen LogP contribution in [0.25, 0.3) is 22.4 Å². The summed E-state index contributed by atoms with van der Waals surface area (Å²) in [5.41, 5.74) is 0.897. The van der Waals surface area contributed by atoms with Crippen LogP contribution in [-0.4, -0.2) is 35.7 Å². The number of oxazole rings is 1. The van der Waals surface area contributed by atoms with Crippen molar-refractivity contribution in [3.8, 4) is 23.0 Å². The summed E-state index contributed by atoms with van der Waals surface area (Å²) in [4.78, 5) is 17.6. The third-order valence-electron chi connectivity index (χ3n) is 6.63. The van der Waals surface area contributed by atoms with E-state index in [1.807, 2.05) is 0 Å². The van der Waals surface area contributed by atoms with Crippen LogP contribution in [0.5, 0.6) is 11.5 Å². The van der Waals surface area contributed by atoms with Gasteiger partial charge in [0.25, 0.3) is 0 Å². The number of aliphatic carboxylic acids is 1. The summed E-state index contributed by atoms with van der Waals surface area (Å²) in [6, 6.07) is 10.7. The average Bonchev–Trinajstić information content (AvgIpc) is 3.58. The number of hydrogen-bond acceptors (Lipinski definition) is 6. The van der Waals surface area contributed by atoms with E-state index in [9.17, 15) is 17.6 Å². The first-order chi connectivity index (χ1) is 19.4. The molecule has 0 bridgehead atoms. The van der Waals surface area contributed by atoms with E-state index in [0.717, 1.165) is 18.4 Å². The smallest absolute Gasteiger partial charge is 0.303 e. The lowest BCUT2D eigenvalue weighted by atomic mass is 9.94. The first-order valence-electron chi connectivity index (χ1n) is 12.4. The van der Waals surface area contributed by atoms with E-state index in [1.54, 1.807) is 19.1 Å². The van der Waals surface area contributed by atoms with E-state index < -0.39 is 44.9 Å². The minimum atomic E-state index is -3.94. The summed E-state index contributed by atoms with van der Waals surface area (Å²) in [5, 5.41) is 9.16. The molecule has 0 amide bonds. The molecule has 0 aliphatic rings. The molecule has 212 valence electrons. The van der Waals surface area contributed by atoms with Crippen molar-refractivity contribution in [3.63, 3.8) is 0 Å². The Labute approximate surface area is 232 Å². The summed E-state index contributed by atoms with van der Waals surface area (Å²) in [6.07, 6.45) is 3.43. The number of carbonyl (C=O) groups is 1. The van der Waals surface area contributed by atoms with Crippen LogP contribution in [0, 0.1) is 17.5 Å². The predicted octanol–water partition coefficient (Wildman–Crippen LogP) is 6.61. The van der Waals surface area contributed by atoms with E-state index in [-0.39, 0.29) is 62.7 Å². The maximum atomic E-state index is 15.1. The number of carboxylic acid groups (broad SMARTS) is 1. The van der Waals surface area contributed by atoms with Gasteiger partial charge in [0.1, 0.15) is 28.5 Å². The highest BCUT2D eigenvalue weighted by molar-refractivity contribution is 7.91. The van der Waals surface area contributed by atoms with Gasteiger partial charge in [-0.05, 0) is 41.8 Å². The number of rotatable bonds is 9. The Kier molecular flexibility index (Phi) is 7.35. The molecular formula is C29H23F3N2O6S. The molecule has 12 heteroatoms. The van der Waals surface area contributed by atoms with Gasteiger partial charge in [0, 0.05) is 41.8 Å². The molecule has 2 heterocycles. The van der Waals surface area contributed by atoms with Gasteiger partial charge >= 0.3 is 5.97 Å². The van der Waals surface area contributed by atoms with Crippen LogP contribution in [0.3, 0.4) is 0 Å². The second-order valence-corrected chi connectivity index (χ2v) is 11.4. The minimum absolute atomic E-state index is 0.0163. The van der Waals surface area contributed by atoms with Crippen molar-refractivity contribution in [2.75, 3.05) is 6.26 Å². The van der Waals surface area contributed by atoms with Crippen LogP contribution in [0.2, 0.25) is 0 Å². The van der Waals surface area contributed by atoms with Crippen LogP contribution in [-0.2, 0) is 21.1 Å². The molecule has 0 saturated heterocycles. The summed E-state index contributed by atoms with van der Waals surface area (Å²) in [5.74, 6) is -4.70. The zero-order valence-electron chi connectivity index (χ0n) is 21.7. The predicted molar refractivity (Wildman–Crippen MR) is 143 cm³/mol. The second kappa shape index (κ2) is 10.8. The number of H-pyrrole nitrogens is 1. The van der Waals surface area contributed by atoms with E-state index in [0.29, 0.717) is 0 Å². The topological polar surface area (TPSA) is 122 Å². The number of hydrogen-bond donors (Lipinski definition) is 2. The number of nitrogens with zero attached hydrogens (tertiary/aromatic N) is 1. The number of halogens is 3. The van der Waals surface area contributed by atoms with Gasteiger partial charge in [-0.3, -0.25) is 4.79 Å². The number of aromatic nitrogens is 2. The number of aryl methyl sites for hydroxylation is 1. The number of fused-ring (bicyclic) bond motifs is 1. The van der Waals surface area contributed by atoms with Crippen molar-refractivity contribution >= 4 is 26.7 Å². The molecule has 1 atom stereocenters. The third kappa shape index (κ3) is 5.55. The van der Waals surface area contributed by atoms with Crippen LogP contribution in [0.15, 0.2) is 70.3 Å². The maximum Gasteiger partial charge on any atom is 0.303 e. The number of aromatic amines is 1. The zero-order valence-corrected chi connectivity index (χ0v) is 22.6. The molecule has 41 heavy (non-hydrogen) atoms. The molecule has 0 saturated carbocycles. The Morgan fingerprint density at radius 2 is 1.90 bits per heavy atom. The fourth-order valence-corrected chi connectivity index (χ4v) is 5.63. The normalized spacial score (nSPS) is 12.5. The quantitative estimate of drug-likeness (QED) is 0.200. The first kappa shape index (κ1) is 28.0. The zero-order chi connectivity index (χ0) is 29.5. The van der Waals surface area contributed by atoms with Crippen LogP contribution in [0.4, 0.5) is 13.2 Å². The van der Waals surface area contributed by atoms with Gasteiger partial charge in [-0.25, -0.2) is 26.6 Å². The summed E-state index contributed by atoms with van der Waals surface area (Å²) >= 11 is 0. The Morgan fingerprint density at radius 1 is 1.12 bits per heavy atom. The van der Waals surface area contributed by atoms with Crippen LogP contribution >= 0.6 is 0 Å². The first-order valence-corrected chi connectivity index (χ1v) is 14.2. The van der Waals surface area contributed by atoms with Gasteiger partial charge in [-0.2, -0.15) is 0 Å². The van der Waals surface area contributed by atoms with E-state index >= 15 is 8.78 Å². The standard InChI is InChI=1S/C29H23F3N2O6S/c1-15(18-5-3-4-16(26(18)32)6-9-25(35)36)24-14-39-29(34-24)20-12-17(7-8-21(20)30)40-27-22(31)13-23-19(10-11-33-23)28(27)41(2,37)38/h3-5,7-8,10-15,33H,6,9H2,1-2H3,(H,35,36)/t15-/m0/s1. The van der Waals surface area contributed by atoms with E-state index in [1.165, 1.54) is 36.7 Å². The number of nitrogens with one attached hydrogen (secondary N) is 1. The lowest BCUT2D eigenvalue weighted by Gasteiger charge is -2.13. The van der Waals surface area contributed by atoms with Crippen molar-refractivity contribution in [1.82, 2.24) is 9.97 Å². The van der Waals surface area contributed by atoms with Gasteiger partial charge in [-0.15, -0.1) is 0 Å². The molecule has 0 radical (unpaired) electrons. The summed E-state index contributed by atoms with van der Waals surface area (Å²) in [6.45, 7) is 1.67. The minimum Gasteiger partial charge on any atom is -0.481 e. The van der Waals surface area contributed by atoms with E-state index in [4.69, 9.17) is 14.3 Å². The number of benzene rings is 3. The fraction of sp³-hybridized carbons (Fsp3) is 0.172. The molecule has 5 rings (SSSR count). The molecule has 0 unspecified atom stereocenters. The molecule has 0 aliphatic heterocycles. The Hall–Kier alpha value is -4.58. The number of ether oxygens (including phenoxy) is 1. The van der Waals surface area contributed by atoms with Crippen molar-refractivity contribution in [1.29, 1.82) is 0 Å². The fourth-order valence-electron chi connectivity index (χ4n) is 4.57. The van der Waals surface area contributed by atoms with Crippen molar-refractivity contribution in [3.05, 3.63) is 95.3 Å². The molecule has 3 aromatic carbocycles. The average molecular weight is 585 g/mol. The van der Waals surface area contributed by atoms with Gasteiger partial charge in [-0.1, -0.05) is 25.1 Å². The lowest BCUT2D eigenvalue weighted by Crippen LogP contribution is -2.05. The van der Waals surface area contributed by atoms with Gasteiger partial charge in [0.2, 0.25) is 5.89 Å². The van der Waals surface area contributed by atoms with Crippen LogP contribution in [0.1, 0.15) is 36.1 Å². The van der Waals surface area contributed by atoms with E-state index in [2.05, 4.69) is 9.97 Å². The Morgan fingerprint density at radius 3 is 2.63 bits per heavy atom. The molecule has 0 fully saturated rings. The molecular weight excluding hydrogens is 561 g/mol.